The van der Waals surface area contributed by atoms with Gasteiger partial charge in [-0.2, -0.15) is 0 Å². The van der Waals surface area contributed by atoms with Crippen molar-refractivity contribution in [3.8, 4) is 0 Å². The van der Waals surface area contributed by atoms with Crippen molar-refractivity contribution in [1.29, 1.82) is 0 Å². The minimum absolute atomic E-state index is 0.239. The Kier molecular flexibility index (Phi) is 5.68. The van der Waals surface area contributed by atoms with Crippen molar-refractivity contribution in [1.82, 2.24) is 5.32 Å². The summed E-state index contributed by atoms with van der Waals surface area (Å²) in [7, 11) is 1.31. The van der Waals surface area contributed by atoms with Crippen LogP contribution in [0.15, 0.2) is 0 Å². The predicted molar refractivity (Wildman–Crippen MR) is 51.8 cm³/mol. The summed E-state index contributed by atoms with van der Waals surface area (Å²) in [6, 6.07) is -0.496. The number of carbonyl (C=O) groups is 1. The van der Waals surface area contributed by atoms with Gasteiger partial charge in [-0.1, -0.05) is 6.92 Å². The largest absolute Gasteiger partial charge is 0.468 e. The Morgan fingerprint density at radius 2 is 2.00 bits per heavy atom. The SMILES string of the molecule is CCC(NC(C)(CO)CO)C(=O)OC. The van der Waals surface area contributed by atoms with E-state index in [9.17, 15) is 4.79 Å². The number of hydrogen-bond acceptors (Lipinski definition) is 5. The fourth-order valence-electron chi connectivity index (χ4n) is 1.03. The number of nitrogens with one attached hydrogen (secondary N) is 1. The Morgan fingerprint density at radius 3 is 2.29 bits per heavy atom. The van der Waals surface area contributed by atoms with Crippen molar-refractivity contribution in [3.05, 3.63) is 0 Å². The zero-order chi connectivity index (χ0) is 11.2. The normalized spacial score (nSPS) is 13.8. The highest BCUT2D eigenvalue weighted by atomic mass is 16.5. The van der Waals surface area contributed by atoms with Gasteiger partial charge in [0.2, 0.25) is 0 Å². The van der Waals surface area contributed by atoms with Crippen LogP contribution in [0.2, 0.25) is 0 Å². The number of aliphatic hydroxyl groups excluding tert-OH is 2. The molecule has 1 atom stereocenters. The average molecular weight is 205 g/mol. The Balaban J connectivity index is 4.36. The van der Waals surface area contributed by atoms with Gasteiger partial charge < -0.3 is 14.9 Å². The van der Waals surface area contributed by atoms with Crippen LogP contribution in [0.25, 0.3) is 0 Å². The van der Waals surface area contributed by atoms with Gasteiger partial charge in [0.25, 0.3) is 0 Å². The molecule has 0 aliphatic carbocycles. The molecule has 1 unspecified atom stereocenters. The molecule has 84 valence electrons. The molecule has 0 aromatic heterocycles. The van der Waals surface area contributed by atoms with Crippen LogP contribution in [-0.4, -0.2) is 48.1 Å². The molecule has 0 saturated carbocycles. The average Bonchev–Trinajstić information content (AvgIpc) is 2.24. The van der Waals surface area contributed by atoms with E-state index in [-0.39, 0.29) is 19.2 Å². The highest BCUT2D eigenvalue weighted by Crippen LogP contribution is 2.05. The van der Waals surface area contributed by atoms with E-state index in [1.807, 2.05) is 6.92 Å². The number of aliphatic hydroxyl groups is 2. The molecule has 5 heteroatoms. The molecule has 0 rings (SSSR count). The Labute approximate surface area is 84.1 Å². The van der Waals surface area contributed by atoms with E-state index in [2.05, 4.69) is 10.1 Å². The van der Waals surface area contributed by atoms with Crippen LogP contribution in [0.3, 0.4) is 0 Å². The molecule has 0 aliphatic rings. The number of ether oxygens (including phenoxy) is 1. The van der Waals surface area contributed by atoms with Crippen molar-refractivity contribution in [2.45, 2.75) is 31.8 Å². The maximum absolute atomic E-state index is 11.2. The summed E-state index contributed by atoms with van der Waals surface area (Å²) in [5, 5.41) is 20.9. The van der Waals surface area contributed by atoms with E-state index in [4.69, 9.17) is 10.2 Å². The molecule has 0 spiro atoms. The Hall–Kier alpha value is -0.650. The third kappa shape index (κ3) is 3.61. The smallest absolute Gasteiger partial charge is 0.322 e. The number of carbonyl (C=O) groups excluding carboxylic acids is 1. The first-order chi connectivity index (χ1) is 6.52. The summed E-state index contributed by atoms with van der Waals surface area (Å²) in [4.78, 5) is 11.2. The molecule has 5 nitrogen and oxygen atoms in total. The Bertz CT molecular complexity index is 180. The van der Waals surface area contributed by atoms with Crippen LogP contribution in [0.5, 0.6) is 0 Å². The van der Waals surface area contributed by atoms with Crippen LogP contribution in [0.1, 0.15) is 20.3 Å². The first kappa shape index (κ1) is 13.4. The summed E-state index contributed by atoms with van der Waals surface area (Å²) < 4.78 is 4.57. The van der Waals surface area contributed by atoms with Crippen molar-refractivity contribution in [2.75, 3.05) is 20.3 Å². The fraction of sp³-hybridized carbons (Fsp3) is 0.889. The van der Waals surface area contributed by atoms with Gasteiger partial charge in [-0.3, -0.25) is 10.1 Å². The zero-order valence-corrected chi connectivity index (χ0v) is 8.91. The van der Waals surface area contributed by atoms with Crippen molar-refractivity contribution in [2.24, 2.45) is 0 Å². The minimum atomic E-state index is -0.852. The molecular weight excluding hydrogens is 186 g/mol. The van der Waals surface area contributed by atoms with E-state index in [1.165, 1.54) is 7.11 Å². The maximum atomic E-state index is 11.2. The van der Waals surface area contributed by atoms with Gasteiger partial charge in [0.1, 0.15) is 6.04 Å². The standard InChI is InChI=1S/C9H19NO4/c1-4-7(8(13)14-3)10-9(2,5-11)6-12/h7,10-12H,4-6H2,1-3H3. The van der Waals surface area contributed by atoms with Gasteiger partial charge in [0.05, 0.1) is 25.9 Å². The fourth-order valence-corrected chi connectivity index (χ4v) is 1.03. The van der Waals surface area contributed by atoms with Crippen LogP contribution >= 0.6 is 0 Å². The number of hydrogen-bond donors (Lipinski definition) is 3. The summed E-state index contributed by atoms with van der Waals surface area (Å²) in [5.74, 6) is -0.388. The monoisotopic (exact) mass is 205 g/mol. The quantitative estimate of drug-likeness (QED) is 0.498. The second-order valence-electron chi connectivity index (χ2n) is 3.51. The molecule has 0 fully saturated rings. The van der Waals surface area contributed by atoms with Gasteiger partial charge in [-0.05, 0) is 13.3 Å². The van der Waals surface area contributed by atoms with Crippen LogP contribution in [-0.2, 0) is 9.53 Å². The number of rotatable bonds is 6. The molecule has 0 aromatic rings. The predicted octanol–water partition coefficient (Wildman–Crippen LogP) is -0.729. The van der Waals surface area contributed by atoms with Crippen molar-refractivity contribution in [3.63, 3.8) is 0 Å². The van der Waals surface area contributed by atoms with E-state index in [0.717, 1.165) is 0 Å². The van der Waals surface area contributed by atoms with Gasteiger partial charge in [0, 0.05) is 0 Å². The molecule has 0 amide bonds. The molecular formula is C9H19NO4. The first-order valence-corrected chi connectivity index (χ1v) is 4.60. The van der Waals surface area contributed by atoms with Crippen molar-refractivity contribution < 1.29 is 19.7 Å². The van der Waals surface area contributed by atoms with E-state index >= 15 is 0 Å². The lowest BCUT2D eigenvalue weighted by Crippen LogP contribution is -2.55. The maximum Gasteiger partial charge on any atom is 0.322 e. The molecule has 0 aliphatic heterocycles. The number of esters is 1. The minimum Gasteiger partial charge on any atom is -0.468 e. The highest BCUT2D eigenvalue weighted by Gasteiger charge is 2.28. The van der Waals surface area contributed by atoms with Crippen molar-refractivity contribution >= 4 is 5.97 Å². The summed E-state index contributed by atoms with van der Waals surface area (Å²) >= 11 is 0. The zero-order valence-electron chi connectivity index (χ0n) is 8.91. The van der Waals surface area contributed by atoms with Gasteiger partial charge >= 0.3 is 5.97 Å². The third-order valence-electron chi connectivity index (χ3n) is 2.11. The van der Waals surface area contributed by atoms with Crippen LogP contribution in [0, 0.1) is 0 Å². The molecule has 0 radical (unpaired) electrons. The van der Waals surface area contributed by atoms with Gasteiger partial charge in [0.15, 0.2) is 0 Å². The lowest BCUT2D eigenvalue weighted by molar-refractivity contribution is -0.144. The first-order valence-electron chi connectivity index (χ1n) is 4.60. The summed E-state index contributed by atoms with van der Waals surface area (Å²) in [6.45, 7) is 2.98. The topological polar surface area (TPSA) is 78.8 Å². The lowest BCUT2D eigenvalue weighted by atomic mass is 10.0. The van der Waals surface area contributed by atoms with Gasteiger partial charge in [-0.15, -0.1) is 0 Å². The second-order valence-corrected chi connectivity index (χ2v) is 3.51. The van der Waals surface area contributed by atoms with Gasteiger partial charge in [-0.25, -0.2) is 0 Å². The molecule has 0 saturated heterocycles. The molecule has 0 heterocycles. The van der Waals surface area contributed by atoms with Crippen LogP contribution in [0.4, 0.5) is 0 Å². The molecule has 3 N–H and O–H groups in total. The third-order valence-corrected chi connectivity index (χ3v) is 2.11. The Morgan fingerprint density at radius 1 is 1.50 bits per heavy atom. The molecule has 0 bridgehead atoms. The van der Waals surface area contributed by atoms with E-state index < -0.39 is 11.6 Å². The second kappa shape index (κ2) is 5.95. The van der Waals surface area contributed by atoms with E-state index in [0.29, 0.717) is 6.42 Å². The highest BCUT2D eigenvalue weighted by molar-refractivity contribution is 5.75. The van der Waals surface area contributed by atoms with Crippen LogP contribution < -0.4 is 5.32 Å². The lowest BCUT2D eigenvalue weighted by Gasteiger charge is -2.30. The molecule has 14 heavy (non-hydrogen) atoms. The summed E-state index contributed by atoms with van der Waals surface area (Å²) in [5.41, 5.74) is -0.852. The number of methoxy groups -OCH3 is 1. The summed E-state index contributed by atoms with van der Waals surface area (Å²) in [6.07, 6.45) is 0.544. The van der Waals surface area contributed by atoms with E-state index in [1.54, 1.807) is 6.92 Å². The molecule has 0 aromatic carbocycles.